The maximum atomic E-state index is 14.8. The first-order valence-electron chi connectivity index (χ1n) is 14.4. The number of carboxylic acids is 1. The van der Waals surface area contributed by atoms with Crippen molar-refractivity contribution in [2.45, 2.75) is 77.1 Å². The van der Waals surface area contributed by atoms with Gasteiger partial charge in [0.1, 0.15) is 11.6 Å². The molecule has 226 valence electrons. The average Bonchev–Trinajstić information content (AvgIpc) is 3.31. The molecule has 0 aromatic heterocycles. The number of para-hydroxylation sites is 1. The number of hydrogen-bond donors (Lipinski definition) is 2. The van der Waals surface area contributed by atoms with Crippen molar-refractivity contribution in [3.63, 3.8) is 0 Å². The molecule has 0 aliphatic carbocycles. The number of benzene rings is 3. The van der Waals surface area contributed by atoms with Crippen LogP contribution < -0.4 is 10.3 Å². The lowest BCUT2D eigenvalue weighted by molar-refractivity contribution is -0.146. The third-order valence-electron chi connectivity index (χ3n) is 7.28. The molecule has 3 aromatic carbocycles. The number of aliphatic carboxylic acids is 1. The highest BCUT2D eigenvalue weighted by atomic mass is 16.6. The molecule has 0 saturated carbocycles. The van der Waals surface area contributed by atoms with E-state index in [1.165, 1.54) is 0 Å². The molecule has 1 heterocycles. The zero-order valence-electron chi connectivity index (χ0n) is 25.0. The number of anilines is 1. The van der Waals surface area contributed by atoms with Crippen molar-refractivity contribution in [2.24, 2.45) is 0 Å². The van der Waals surface area contributed by atoms with Gasteiger partial charge >= 0.3 is 12.1 Å². The van der Waals surface area contributed by atoms with Crippen LogP contribution in [0.25, 0.3) is 0 Å². The third-order valence-corrected chi connectivity index (χ3v) is 7.28. The van der Waals surface area contributed by atoms with Crippen LogP contribution in [-0.2, 0) is 38.4 Å². The second kappa shape index (κ2) is 13.6. The van der Waals surface area contributed by atoms with E-state index in [2.05, 4.69) is 5.43 Å². The third kappa shape index (κ3) is 8.08. The maximum Gasteiger partial charge on any atom is 0.425 e. The molecule has 0 fully saturated rings. The van der Waals surface area contributed by atoms with Crippen LogP contribution in [0.4, 0.5) is 10.5 Å². The van der Waals surface area contributed by atoms with Crippen molar-refractivity contribution in [3.8, 4) is 0 Å². The summed E-state index contributed by atoms with van der Waals surface area (Å²) in [5.74, 6) is -2.58. The summed E-state index contributed by atoms with van der Waals surface area (Å²) in [5, 5.41) is 10.7. The number of carbonyl (C=O) groups is 4. The Morgan fingerprint density at radius 2 is 1.51 bits per heavy atom. The number of nitrogens with one attached hydrogen (secondary N) is 1. The Labute approximate surface area is 252 Å². The maximum absolute atomic E-state index is 14.8. The lowest BCUT2D eigenvalue weighted by Crippen LogP contribution is -2.63. The molecule has 1 aliphatic rings. The Kier molecular flexibility index (Phi) is 9.98. The normalized spacial score (nSPS) is 15.7. The summed E-state index contributed by atoms with van der Waals surface area (Å²) in [5.41, 5.74) is 5.36. The molecule has 9 nitrogen and oxygen atoms in total. The van der Waals surface area contributed by atoms with Crippen molar-refractivity contribution < 1.29 is 29.0 Å². The standard InChI is InChI=1S/C34H39N3O6/c1-23(38)30(32(40)41)35-37(33(42)43-34(2,3)4)29(20-19-24-13-7-5-8-14-24)31(39)36-27(21-25-15-9-6-10-16-25)22-26-17-11-12-18-28(26)36/h5-18,27,29-30,35H,19-22H2,1-4H3,(H,40,41)/t27?,29-,30?/m0/s1. The van der Waals surface area contributed by atoms with E-state index >= 15 is 0 Å². The number of amides is 2. The number of nitrogens with zero attached hydrogens (tertiary/aromatic N) is 2. The van der Waals surface area contributed by atoms with Crippen LogP contribution in [-0.4, -0.2) is 57.6 Å². The Bertz CT molecular complexity index is 1420. The van der Waals surface area contributed by atoms with Gasteiger partial charge in [-0.25, -0.2) is 20.0 Å². The van der Waals surface area contributed by atoms with Crippen molar-refractivity contribution in [1.29, 1.82) is 0 Å². The van der Waals surface area contributed by atoms with Gasteiger partial charge in [-0.1, -0.05) is 78.9 Å². The smallest absolute Gasteiger partial charge is 0.425 e. The van der Waals surface area contributed by atoms with E-state index in [0.29, 0.717) is 19.3 Å². The monoisotopic (exact) mass is 585 g/mol. The fourth-order valence-corrected chi connectivity index (χ4v) is 5.32. The molecular formula is C34H39N3O6. The van der Waals surface area contributed by atoms with E-state index in [1.807, 2.05) is 84.9 Å². The van der Waals surface area contributed by atoms with Gasteiger partial charge in [-0.3, -0.25) is 9.59 Å². The first kappa shape index (κ1) is 31.4. The fraction of sp³-hybridized carbons (Fsp3) is 0.353. The van der Waals surface area contributed by atoms with E-state index < -0.39 is 41.4 Å². The number of aryl methyl sites for hydroxylation is 1. The zero-order valence-corrected chi connectivity index (χ0v) is 25.0. The van der Waals surface area contributed by atoms with Gasteiger partial charge in [0.15, 0.2) is 11.8 Å². The van der Waals surface area contributed by atoms with E-state index in [0.717, 1.165) is 34.3 Å². The number of carboxylic acid groups (broad SMARTS) is 1. The zero-order chi connectivity index (χ0) is 31.1. The van der Waals surface area contributed by atoms with Gasteiger partial charge in [-0.2, -0.15) is 0 Å². The highest BCUT2D eigenvalue weighted by Gasteiger charge is 2.43. The molecule has 0 bridgehead atoms. The molecule has 43 heavy (non-hydrogen) atoms. The van der Waals surface area contributed by atoms with Gasteiger partial charge < -0.3 is 14.7 Å². The summed E-state index contributed by atoms with van der Waals surface area (Å²) in [6.07, 6.45) is 0.814. The number of ketones is 1. The molecule has 2 amide bonds. The van der Waals surface area contributed by atoms with E-state index in [4.69, 9.17) is 4.74 Å². The molecule has 9 heteroatoms. The predicted octanol–water partition coefficient (Wildman–Crippen LogP) is 4.97. The quantitative estimate of drug-likeness (QED) is 0.241. The first-order chi connectivity index (χ1) is 20.4. The number of rotatable bonds is 11. The van der Waals surface area contributed by atoms with Crippen LogP contribution in [0.15, 0.2) is 84.9 Å². The molecule has 2 N–H and O–H groups in total. The minimum absolute atomic E-state index is 0.149. The Balaban J connectivity index is 1.78. The number of ether oxygens (including phenoxy) is 1. The van der Waals surface area contributed by atoms with Crippen LogP contribution >= 0.6 is 0 Å². The van der Waals surface area contributed by atoms with Crippen molar-refractivity contribution >= 4 is 29.4 Å². The number of carbonyl (C=O) groups excluding carboxylic acids is 3. The van der Waals surface area contributed by atoms with Crippen molar-refractivity contribution in [1.82, 2.24) is 10.4 Å². The minimum Gasteiger partial charge on any atom is -0.480 e. The summed E-state index contributed by atoms with van der Waals surface area (Å²) < 4.78 is 5.65. The highest BCUT2D eigenvalue weighted by molar-refractivity contribution is 6.03. The molecule has 1 aliphatic heterocycles. The molecule has 0 radical (unpaired) electrons. The van der Waals surface area contributed by atoms with Crippen molar-refractivity contribution in [3.05, 3.63) is 102 Å². The topological polar surface area (TPSA) is 116 Å². The Morgan fingerprint density at radius 3 is 2.09 bits per heavy atom. The highest BCUT2D eigenvalue weighted by Crippen LogP contribution is 2.35. The van der Waals surface area contributed by atoms with Gasteiger partial charge in [0.05, 0.1) is 0 Å². The van der Waals surface area contributed by atoms with Crippen LogP contribution in [0.3, 0.4) is 0 Å². The summed E-state index contributed by atoms with van der Waals surface area (Å²) in [7, 11) is 0. The van der Waals surface area contributed by atoms with E-state index in [-0.39, 0.29) is 12.5 Å². The van der Waals surface area contributed by atoms with Gasteiger partial charge in [0.2, 0.25) is 0 Å². The molecular weight excluding hydrogens is 546 g/mol. The molecule has 4 rings (SSSR count). The number of hydrazine groups is 1. The van der Waals surface area contributed by atoms with Gasteiger partial charge in [0, 0.05) is 11.7 Å². The summed E-state index contributed by atoms with van der Waals surface area (Å²) in [6.45, 7) is 6.15. The molecule has 0 spiro atoms. The molecule has 3 atom stereocenters. The lowest BCUT2D eigenvalue weighted by Gasteiger charge is -2.37. The second-order valence-corrected chi connectivity index (χ2v) is 11.8. The summed E-state index contributed by atoms with van der Waals surface area (Å²) >= 11 is 0. The minimum atomic E-state index is -1.76. The van der Waals surface area contributed by atoms with Crippen LogP contribution in [0.1, 0.15) is 50.8 Å². The SMILES string of the molecule is CC(=O)C(NN(C(=O)OC(C)(C)C)[C@@H](CCc1ccccc1)C(=O)N1c2ccccc2CC1Cc1ccccc1)C(=O)O. The van der Waals surface area contributed by atoms with Crippen LogP contribution in [0.2, 0.25) is 0 Å². The molecule has 0 saturated heterocycles. The Hall–Kier alpha value is -4.50. The van der Waals surface area contributed by atoms with Crippen LogP contribution in [0.5, 0.6) is 0 Å². The second-order valence-electron chi connectivity index (χ2n) is 11.8. The van der Waals surface area contributed by atoms with Gasteiger partial charge in [0.25, 0.3) is 5.91 Å². The first-order valence-corrected chi connectivity index (χ1v) is 14.4. The summed E-state index contributed by atoms with van der Waals surface area (Å²) in [4.78, 5) is 54.6. The average molecular weight is 586 g/mol. The van der Waals surface area contributed by atoms with Gasteiger partial charge in [-0.15, -0.1) is 0 Å². The number of Topliss-reactive ketones (excluding diaryl/α,β-unsaturated/α-hetero) is 1. The Morgan fingerprint density at radius 1 is 0.930 bits per heavy atom. The lowest BCUT2D eigenvalue weighted by atomic mass is 10.0. The van der Waals surface area contributed by atoms with E-state index in [1.54, 1.807) is 25.7 Å². The van der Waals surface area contributed by atoms with Gasteiger partial charge in [-0.05, 0) is 76.1 Å². The van der Waals surface area contributed by atoms with Crippen molar-refractivity contribution in [2.75, 3.05) is 4.90 Å². The fourth-order valence-electron chi connectivity index (χ4n) is 5.32. The molecule has 2 unspecified atom stereocenters. The number of fused-ring (bicyclic) bond motifs is 1. The van der Waals surface area contributed by atoms with E-state index in [9.17, 15) is 24.3 Å². The van der Waals surface area contributed by atoms with Crippen LogP contribution in [0, 0.1) is 0 Å². The molecule has 3 aromatic rings. The number of hydrogen-bond acceptors (Lipinski definition) is 6. The summed E-state index contributed by atoms with van der Waals surface area (Å²) in [6, 6.07) is 23.8. The predicted molar refractivity (Wildman–Crippen MR) is 163 cm³/mol. The largest absolute Gasteiger partial charge is 0.480 e.